The summed E-state index contributed by atoms with van der Waals surface area (Å²) >= 11 is 8.76. The first kappa shape index (κ1) is 18.6. The highest BCUT2D eigenvalue weighted by Gasteiger charge is 2.19. The molecule has 0 unspecified atom stereocenters. The molecular weight excluding hydrogens is 390 g/mol. The molecule has 0 spiro atoms. The highest BCUT2D eigenvalue weighted by Crippen LogP contribution is 2.27. The van der Waals surface area contributed by atoms with Crippen molar-refractivity contribution in [2.75, 3.05) is 5.32 Å². The first-order valence-electron chi connectivity index (χ1n) is 7.83. The number of hydrogen-bond donors (Lipinski definition) is 2. The van der Waals surface area contributed by atoms with Crippen molar-refractivity contribution in [2.24, 2.45) is 0 Å². The Hall–Kier alpha value is -2.22. The SMILES string of the molecule is CC(=O)N[C@H](CC(=O)Nc1nc(-c2ccc(Cl)cc2)cs1)c1cccs1. The molecule has 1 aromatic carbocycles. The predicted octanol–water partition coefficient (Wildman–Crippen LogP) is 4.73. The fraction of sp³-hybridized carbons (Fsp3) is 0.167. The Labute approximate surface area is 164 Å². The number of nitrogens with one attached hydrogen (secondary N) is 2. The van der Waals surface area contributed by atoms with Crippen LogP contribution in [-0.4, -0.2) is 16.8 Å². The summed E-state index contributed by atoms with van der Waals surface area (Å²) in [7, 11) is 0. The third-order valence-corrected chi connectivity index (χ3v) is 5.54. The van der Waals surface area contributed by atoms with E-state index in [0.717, 1.165) is 16.1 Å². The Morgan fingerprint density at radius 2 is 1.96 bits per heavy atom. The molecule has 2 amide bonds. The molecule has 2 N–H and O–H groups in total. The largest absolute Gasteiger partial charge is 0.348 e. The fourth-order valence-electron chi connectivity index (χ4n) is 2.40. The molecular formula is C18H16ClN3O2S2. The monoisotopic (exact) mass is 405 g/mol. The van der Waals surface area contributed by atoms with Crippen LogP contribution >= 0.6 is 34.3 Å². The van der Waals surface area contributed by atoms with E-state index in [1.165, 1.54) is 29.6 Å². The lowest BCUT2D eigenvalue weighted by Crippen LogP contribution is -2.29. The van der Waals surface area contributed by atoms with E-state index in [4.69, 9.17) is 11.6 Å². The van der Waals surface area contributed by atoms with Crippen LogP contribution in [0.25, 0.3) is 11.3 Å². The number of hydrogen-bond acceptors (Lipinski definition) is 5. The Morgan fingerprint density at radius 1 is 1.19 bits per heavy atom. The van der Waals surface area contributed by atoms with E-state index in [2.05, 4.69) is 15.6 Å². The second kappa shape index (κ2) is 8.44. The Morgan fingerprint density at radius 3 is 2.62 bits per heavy atom. The lowest BCUT2D eigenvalue weighted by Gasteiger charge is -2.15. The van der Waals surface area contributed by atoms with Crippen LogP contribution in [0.2, 0.25) is 5.02 Å². The number of aromatic nitrogens is 1. The molecule has 0 aliphatic heterocycles. The van der Waals surface area contributed by atoms with E-state index in [9.17, 15) is 9.59 Å². The average Bonchev–Trinajstić information content (AvgIpc) is 3.26. The first-order chi connectivity index (χ1) is 12.5. The van der Waals surface area contributed by atoms with Gasteiger partial charge in [0.05, 0.1) is 18.2 Å². The average molecular weight is 406 g/mol. The molecule has 2 heterocycles. The molecule has 2 aromatic heterocycles. The standard InChI is InChI=1S/C18H16ClN3O2S2/c1-11(23)20-14(16-3-2-8-25-16)9-17(24)22-18-21-15(10-26-18)12-4-6-13(19)7-5-12/h2-8,10,14H,9H2,1H3,(H,20,23)(H,21,22,24)/t14-/m1/s1. The van der Waals surface area contributed by atoms with Gasteiger partial charge in [-0.05, 0) is 23.6 Å². The molecule has 0 saturated carbocycles. The van der Waals surface area contributed by atoms with Gasteiger partial charge in [0.2, 0.25) is 11.8 Å². The van der Waals surface area contributed by atoms with Crippen molar-refractivity contribution in [3.05, 3.63) is 57.1 Å². The molecule has 0 saturated heterocycles. The van der Waals surface area contributed by atoms with Gasteiger partial charge in [0.1, 0.15) is 0 Å². The second-order valence-corrected chi connectivity index (χ2v) is 7.84. The highest BCUT2D eigenvalue weighted by molar-refractivity contribution is 7.14. The van der Waals surface area contributed by atoms with Crippen LogP contribution in [-0.2, 0) is 9.59 Å². The van der Waals surface area contributed by atoms with Crippen LogP contribution in [0.5, 0.6) is 0 Å². The van der Waals surface area contributed by atoms with Crippen molar-refractivity contribution < 1.29 is 9.59 Å². The van der Waals surface area contributed by atoms with Gasteiger partial charge < -0.3 is 10.6 Å². The summed E-state index contributed by atoms with van der Waals surface area (Å²) in [5.74, 6) is -0.371. The quantitative estimate of drug-likeness (QED) is 0.622. The van der Waals surface area contributed by atoms with E-state index in [1.807, 2.05) is 35.0 Å². The van der Waals surface area contributed by atoms with Gasteiger partial charge in [-0.1, -0.05) is 29.8 Å². The molecule has 0 radical (unpaired) electrons. The maximum absolute atomic E-state index is 12.4. The van der Waals surface area contributed by atoms with Crippen molar-refractivity contribution in [3.63, 3.8) is 0 Å². The van der Waals surface area contributed by atoms with E-state index in [0.29, 0.717) is 10.2 Å². The van der Waals surface area contributed by atoms with Crippen LogP contribution in [0.4, 0.5) is 5.13 Å². The smallest absolute Gasteiger partial charge is 0.228 e. The molecule has 1 atom stereocenters. The number of carbonyl (C=O) groups excluding carboxylic acids is 2. The summed E-state index contributed by atoms with van der Waals surface area (Å²) in [5, 5.41) is 10.6. The van der Waals surface area contributed by atoms with Gasteiger partial charge in [0, 0.05) is 27.8 Å². The van der Waals surface area contributed by atoms with Crippen molar-refractivity contribution in [2.45, 2.75) is 19.4 Å². The minimum atomic E-state index is -0.344. The molecule has 0 bridgehead atoms. The number of thiophene rings is 1. The van der Waals surface area contributed by atoms with E-state index < -0.39 is 0 Å². The molecule has 5 nitrogen and oxygen atoms in total. The summed E-state index contributed by atoms with van der Waals surface area (Å²) < 4.78 is 0. The van der Waals surface area contributed by atoms with Crippen LogP contribution in [0, 0.1) is 0 Å². The van der Waals surface area contributed by atoms with Crippen molar-refractivity contribution in [1.82, 2.24) is 10.3 Å². The Kier molecular flexibility index (Phi) is 6.03. The number of rotatable bonds is 6. The minimum Gasteiger partial charge on any atom is -0.348 e. The van der Waals surface area contributed by atoms with Gasteiger partial charge in [-0.25, -0.2) is 4.98 Å². The molecule has 134 valence electrons. The summed E-state index contributed by atoms with van der Waals surface area (Å²) in [6, 6.07) is 10.8. The lowest BCUT2D eigenvalue weighted by atomic mass is 10.1. The molecule has 8 heteroatoms. The van der Waals surface area contributed by atoms with Crippen LogP contribution in [0.3, 0.4) is 0 Å². The number of nitrogens with zero attached hydrogens (tertiary/aromatic N) is 1. The van der Waals surface area contributed by atoms with Gasteiger partial charge in [0.15, 0.2) is 5.13 Å². The zero-order valence-corrected chi connectivity index (χ0v) is 16.3. The van der Waals surface area contributed by atoms with Crippen molar-refractivity contribution >= 4 is 51.2 Å². The minimum absolute atomic E-state index is 0.149. The Balaban J connectivity index is 1.65. The van der Waals surface area contributed by atoms with Crippen molar-refractivity contribution in [1.29, 1.82) is 0 Å². The molecule has 3 rings (SSSR count). The highest BCUT2D eigenvalue weighted by atomic mass is 35.5. The van der Waals surface area contributed by atoms with Crippen LogP contribution < -0.4 is 10.6 Å². The second-order valence-electron chi connectivity index (χ2n) is 5.57. The normalized spacial score (nSPS) is 11.8. The third-order valence-electron chi connectivity index (χ3n) is 3.54. The summed E-state index contributed by atoms with van der Waals surface area (Å²) in [6.45, 7) is 1.44. The Bertz CT molecular complexity index is 892. The first-order valence-corrected chi connectivity index (χ1v) is 9.97. The van der Waals surface area contributed by atoms with Gasteiger partial charge >= 0.3 is 0 Å². The molecule has 3 aromatic rings. The summed E-state index contributed by atoms with van der Waals surface area (Å²) in [4.78, 5) is 29.2. The molecule has 0 aliphatic rings. The number of carbonyl (C=O) groups is 2. The van der Waals surface area contributed by atoms with Crippen molar-refractivity contribution in [3.8, 4) is 11.3 Å². The van der Waals surface area contributed by atoms with Crippen LogP contribution in [0.15, 0.2) is 47.2 Å². The van der Waals surface area contributed by atoms with Gasteiger partial charge in [-0.2, -0.15) is 0 Å². The maximum Gasteiger partial charge on any atom is 0.228 e. The summed E-state index contributed by atoms with van der Waals surface area (Å²) in [5.41, 5.74) is 1.71. The molecule has 0 fully saturated rings. The van der Waals surface area contributed by atoms with Gasteiger partial charge in [-0.3, -0.25) is 9.59 Å². The zero-order chi connectivity index (χ0) is 18.5. The van der Waals surface area contributed by atoms with E-state index in [1.54, 1.807) is 12.1 Å². The van der Waals surface area contributed by atoms with Gasteiger partial charge in [0.25, 0.3) is 0 Å². The van der Waals surface area contributed by atoms with E-state index >= 15 is 0 Å². The fourth-order valence-corrected chi connectivity index (χ4v) is 4.04. The molecule has 0 aliphatic carbocycles. The van der Waals surface area contributed by atoms with Crippen LogP contribution in [0.1, 0.15) is 24.3 Å². The molecule has 26 heavy (non-hydrogen) atoms. The number of halogens is 1. The zero-order valence-electron chi connectivity index (χ0n) is 13.9. The topological polar surface area (TPSA) is 71.1 Å². The predicted molar refractivity (Wildman–Crippen MR) is 107 cm³/mol. The summed E-state index contributed by atoms with van der Waals surface area (Å²) in [6.07, 6.45) is 0.149. The number of benzene rings is 1. The lowest BCUT2D eigenvalue weighted by molar-refractivity contribution is -0.120. The van der Waals surface area contributed by atoms with Gasteiger partial charge in [-0.15, -0.1) is 22.7 Å². The third kappa shape index (κ3) is 4.91. The van der Waals surface area contributed by atoms with E-state index in [-0.39, 0.29) is 24.3 Å². The maximum atomic E-state index is 12.4. The number of anilines is 1. The number of amides is 2. The number of thiazole rings is 1.